The smallest absolute Gasteiger partial charge is 0.230 e. The van der Waals surface area contributed by atoms with E-state index in [0.717, 1.165) is 44.5 Å². The van der Waals surface area contributed by atoms with E-state index in [4.69, 9.17) is 4.74 Å². The predicted molar refractivity (Wildman–Crippen MR) is 82.2 cm³/mol. The van der Waals surface area contributed by atoms with Crippen LogP contribution in [-0.2, 0) is 14.9 Å². The van der Waals surface area contributed by atoms with Crippen molar-refractivity contribution in [1.29, 1.82) is 0 Å². The number of morpholine rings is 1. The van der Waals surface area contributed by atoms with E-state index >= 15 is 0 Å². The van der Waals surface area contributed by atoms with E-state index in [0.29, 0.717) is 6.54 Å². The molecule has 4 nitrogen and oxygen atoms in total. The standard InChI is InChI=1S/C17H24N2O2/c1-19-10-11-21-15(13-19)12-18-16(20)17(8-5-9-17)14-6-3-2-4-7-14/h2-4,6-7,15H,5,8-13H2,1H3,(H,18,20). The van der Waals surface area contributed by atoms with Crippen LogP contribution in [0.2, 0.25) is 0 Å². The van der Waals surface area contributed by atoms with Gasteiger partial charge in [-0.1, -0.05) is 36.8 Å². The van der Waals surface area contributed by atoms with E-state index in [1.807, 2.05) is 18.2 Å². The number of carbonyl (C=O) groups is 1. The molecule has 0 radical (unpaired) electrons. The zero-order chi connectivity index (χ0) is 14.7. The van der Waals surface area contributed by atoms with Gasteiger partial charge >= 0.3 is 0 Å². The van der Waals surface area contributed by atoms with Crippen molar-refractivity contribution in [2.45, 2.75) is 30.8 Å². The second-order valence-electron chi connectivity index (χ2n) is 6.27. The van der Waals surface area contributed by atoms with E-state index < -0.39 is 0 Å². The van der Waals surface area contributed by atoms with Crippen LogP contribution >= 0.6 is 0 Å². The molecule has 3 rings (SSSR count). The molecule has 1 aromatic carbocycles. The first-order valence-electron chi connectivity index (χ1n) is 7.85. The van der Waals surface area contributed by atoms with Gasteiger partial charge in [0.2, 0.25) is 5.91 Å². The van der Waals surface area contributed by atoms with Crippen molar-refractivity contribution in [3.8, 4) is 0 Å². The normalized spacial score (nSPS) is 25.1. The number of hydrogen-bond donors (Lipinski definition) is 1. The Bertz CT molecular complexity index is 485. The van der Waals surface area contributed by atoms with Gasteiger partial charge in [-0.3, -0.25) is 4.79 Å². The lowest BCUT2D eigenvalue weighted by Crippen LogP contribution is -2.53. The molecular formula is C17H24N2O2. The first-order valence-corrected chi connectivity index (χ1v) is 7.85. The van der Waals surface area contributed by atoms with Gasteiger partial charge in [0, 0.05) is 19.6 Å². The van der Waals surface area contributed by atoms with Crippen molar-refractivity contribution in [2.75, 3.05) is 33.3 Å². The van der Waals surface area contributed by atoms with E-state index in [9.17, 15) is 4.79 Å². The molecule has 1 aliphatic heterocycles. The highest BCUT2D eigenvalue weighted by Gasteiger charge is 2.45. The second-order valence-corrected chi connectivity index (χ2v) is 6.27. The third kappa shape index (κ3) is 2.97. The van der Waals surface area contributed by atoms with Crippen molar-refractivity contribution in [3.63, 3.8) is 0 Å². The molecular weight excluding hydrogens is 264 g/mol. The molecule has 0 spiro atoms. The minimum Gasteiger partial charge on any atom is -0.374 e. The maximum atomic E-state index is 12.7. The van der Waals surface area contributed by atoms with E-state index in [1.165, 1.54) is 0 Å². The molecule has 0 bridgehead atoms. The SMILES string of the molecule is CN1CCOC(CNC(=O)C2(c3ccccc3)CCC2)C1. The highest BCUT2D eigenvalue weighted by Crippen LogP contribution is 2.43. The van der Waals surface area contributed by atoms with Crippen LogP contribution in [0.4, 0.5) is 0 Å². The second kappa shape index (κ2) is 6.16. The average Bonchev–Trinajstić information content (AvgIpc) is 2.45. The molecule has 0 aromatic heterocycles. The fourth-order valence-electron chi connectivity index (χ4n) is 3.30. The number of amides is 1. The molecule has 1 saturated heterocycles. The molecule has 1 aromatic rings. The largest absolute Gasteiger partial charge is 0.374 e. The van der Waals surface area contributed by atoms with Gasteiger partial charge in [0.1, 0.15) is 0 Å². The maximum Gasteiger partial charge on any atom is 0.230 e. The number of rotatable bonds is 4. The summed E-state index contributed by atoms with van der Waals surface area (Å²) in [6.45, 7) is 3.22. The van der Waals surface area contributed by atoms with Crippen LogP contribution in [0.5, 0.6) is 0 Å². The predicted octanol–water partition coefficient (Wildman–Crippen LogP) is 1.56. The summed E-state index contributed by atoms with van der Waals surface area (Å²) in [6.07, 6.45) is 3.15. The fraction of sp³-hybridized carbons (Fsp3) is 0.588. The van der Waals surface area contributed by atoms with E-state index in [2.05, 4.69) is 29.4 Å². The number of likely N-dealkylation sites (N-methyl/N-ethyl adjacent to an activating group) is 1. The van der Waals surface area contributed by atoms with Gasteiger partial charge in [-0.15, -0.1) is 0 Å². The summed E-state index contributed by atoms with van der Waals surface area (Å²) in [5.41, 5.74) is 0.845. The van der Waals surface area contributed by atoms with Crippen LogP contribution in [0.15, 0.2) is 30.3 Å². The lowest BCUT2D eigenvalue weighted by Gasteiger charge is -2.41. The maximum absolute atomic E-state index is 12.7. The molecule has 1 atom stereocenters. The Labute approximate surface area is 126 Å². The Morgan fingerprint density at radius 2 is 2.14 bits per heavy atom. The quantitative estimate of drug-likeness (QED) is 0.914. The molecule has 2 fully saturated rings. The van der Waals surface area contributed by atoms with Crippen LogP contribution in [-0.4, -0.2) is 50.2 Å². The van der Waals surface area contributed by atoms with Crippen LogP contribution < -0.4 is 5.32 Å². The Kier molecular flexibility index (Phi) is 4.27. The van der Waals surface area contributed by atoms with Gasteiger partial charge in [0.05, 0.1) is 18.1 Å². The molecule has 1 aliphatic carbocycles. The topological polar surface area (TPSA) is 41.6 Å². The number of nitrogens with one attached hydrogen (secondary N) is 1. The molecule has 4 heteroatoms. The molecule has 1 amide bonds. The summed E-state index contributed by atoms with van der Waals surface area (Å²) >= 11 is 0. The highest BCUT2D eigenvalue weighted by atomic mass is 16.5. The van der Waals surface area contributed by atoms with Crippen molar-refractivity contribution in [1.82, 2.24) is 10.2 Å². The molecule has 1 saturated carbocycles. The van der Waals surface area contributed by atoms with Crippen LogP contribution in [0, 0.1) is 0 Å². The van der Waals surface area contributed by atoms with Crippen LogP contribution in [0.25, 0.3) is 0 Å². The third-order valence-corrected chi connectivity index (χ3v) is 4.80. The Balaban J connectivity index is 1.61. The number of ether oxygens (including phenoxy) is 1. The summed E-state index contributed by atoms with van der Waals surface area (Å²) in [7, 11) is 2.09. The van der Waals surface area contributed by atoms with Gasteiger partial charge in [0.15, 0.2) is 0 Å². The Morgan fingerprint density at radius 1 is 1.38 bits per heavy atom. The van der Waals surface area contributed by atoms with Gasteiger partial charge < -0.3 is 15.0 Å². The first-order chi connectivity index (χ1) is 10.2. The van der Waals surface area contributed by atoms with Gasteiger partial charge in [-0.05, 0) is 25.5 Å². The molecule has 1 N–H and O–H groups in total. The summed E-state index contributed by atoms with van der Waals surface area (Å²) in [4.78, 5) is 14.9. The summed E-state index contributed by atoms with van der Waals surface area (Å²) in [5, 5.41) is 3.12. The molecule has 21 heavy (non-hydrogen) atoms. The fourth-order valence-corrected chi connectivity index (χ4v) is 3.30. The Hall–Kier alpha value is -1.39. The van der Waals surface area contributed by atoms with Gasteiger partial charge in [-0.25, -0.2) is 0 Å². The van der Waals surface area contributed by atoms with Crippen molar-refractivity contribution in [3.05, 3.63) is 35.9 Å². The minimum absolute atomic E-state index is 0.112. The van der Waals surface area contributed by atoms with Crippen molar-refractivity contribution >= 4 is 5.91 Å². The van der Waals surface area contributed by atoms with E-state index in [-0.39, 0.29) is 17.4 Å². The number of nitrogens with zero attached hydrogens (tertiary/aromatic N) is 1. The number of carbonyl (C=O) groups excluding carboxylic acids is 1. The summed E-state index contributed by atoms with van der Waals surface area (Å²) in [6, 6.07) is 10.2. The highest BCUT2D eigenvalue weighted by molar-refractivity contribution is 5.89. The van der Waals surface area contributed by atoms with Gasteiger partial charge in [-0.2, -0.15) is 0 Å². The monoisotopic (exact) mass is 288 g/mol. The molecule has 114 valence electrons. The number of benzene rings is 1. The summed E-state index contributed by atoms with van der Waals surface area (Å²) in [5.74, 6) is 0.164. The third-order valence-electron chi connectivity index (χ3n) is 4.80. The first kappa shape index (κ1) is 14.5. The Morgan fingerprint density at radius 3 is 2.76 bits per heavy atom. The lowest BCUT2D eigenvalue weighted by atomic mass is 9.64. The summed E-state index contributed by atoms with van der Waals surface area (Å²) < 4.78 is 5.71. The number of hydrogen-bond acceptors (Lipinski definition) is 3. The molecule has 1 heterocycles. The lowest BCUT2D eigenvalue weighted by molar-refractivity contribution is -0.131. The van der Waals surface area contributed by atoms with Crippen LogP contribution in [0.3, 0.4) is 0 Å². The van der Waals surface area contributed by atoms with Crippen molar-refractivity contribution in [2.24, 2.45) is 0 Å². The van der Waals surface area contributed by atoms with Crippen LogP contribution in [0.1, 0.15) is 24.8 Å². The molecule has 1 unspecified atom stereocenters. The minimum atomic E-state index is -0.304. The van der Waals surface area contributed by atoms with Crippen molar-refractivity contribution < 1.29 is 9.53 Å². The zero-order valence-corrected chi connectivity index (χ0v) is 12.7. The molecule has 2 aliphatic rings. The average molecular weight is 288 g/mol. The van der Waals surface area contributed by atoms with E-state index in [1.54, 1.807) is 0 Å². The van der Waals surface area contributed by atoms with Gasteiger partial charge in [0.25, 0.3) is 0 Å². The zero-order valence-electron chi connectivity index (χ0n) is 12.7.